The first kappa shape index (κ1) is 15.9. The Morgan fingerprint density at radius 1 is 1.16 bits per heavy atom. The van der Waals surface area contributed by atoms with Crippen LogP contribution in [0.5, 0.6) is 11.7 Å². The van der Waals surface area contributed by atoms with Crippen LogP contribution < -0.4 is 15.4 Å². The number of benzene rings is 1. The third-order valence-electron chi connectivity index (χ3n) is 4.88. The monoisotopic (exact) mass is 340 g/mol. The van der Waals surface area contributed by atoms with Gasteiger partial charge in [0, 0.05) is 36.7 Å². The van der Waals surface area contributed by atoms with E-state index in [0.29, 0.717) is 23.4 Å². The molecule has 0 aliphatic carbocycles. The Morgan fingerprint density at radius 2 is 1.96 bits per heavy atom. The minimum absolute atomic E-state index is 0.0669. The molecular weight excluding hydrogens is 320 g/mol. The first-order valence-corrected chi connectivity index (χ1v) is 8.54. The first-order valence-electron chi connectivity index (χ1n) is 8.54. The third kappa shape index (κ3) is 3.30. The average molecular weight is 340 g/mol. The van der Waals surface area contributed by atoms with Crippen LogP contribution in [0.25, 0.3) is 0 Å². The van der Waals surface area contributed by atoms with Gasteiger partial charge in [0.15, 0.2) is 11.5 Å². The lowest BCUT2D eigenvalue weighted by Crippen LogP contribution is -2.42. The van der Waals surface area contributed by atoms with Crippen molar-refractivity contribution in [3.63, 3.8) is 0 Å². The fourth-order valence-electron chi connectivity index (χ4n) is 3.59. The molecule has 4 rings (SSSR count). The number of Topliss-reactive ketones (excluding diaryl/α,β-unsaturated/α-hetero) is 1. The largest absolute Gasteiger partial charge is 0.426 e. The SMILES string of the molecule is CC(=O)c1ccc(Oc2ccc(C(=O)NC3CC4CCC3N4)cc2)o1. The van der Waals surface area contributed by atoms with Gasteiger partial charge in [-0.05, 0) is 49.6 Å². The van der Waals surface area contributed by atoms with Crippen molar-refractivity contribution < 1.29 is 18.7 Å². The second-order valence-corrected chi connectivity index (χ2v) is 6.66. The Morgan fingerprint density at radius 3 is 2.56 bits per heavy atom. The minimum Gasteiger partial charge on any atom is -0.426 e. The van der Waals surface area contributed by atoms with E-state index in [9.17, 15) is 9.59 Å². The van der Waals surface area contributed by atoms with Gasteiger partial charge in [0.1, 0.15) is 5.75 Å². The number of hydrogen-bond acceptors (Lipinski definition) is 5. The maximum atomic E-state index is 12.4. The minimum atomic E-state index is -0.156. The lowest BCUT2D eigenvalue weighted by Gasteiger charge is -2.21. The van der Waals surface area contributed by atoms with E-state index in [1.807, 2.05) is 0 Å². The van der Waals surface area contributed by atoms with Crippen LogP contribution in [0.2, 0.25) is 0 Å². The summed E-state index contributed by atoms with van der Waals surface area (Å²) < 4.78 is 10.8. The molecule has 2 aromatic rings. The Bertz CT molecular complexity index is 796. The van der Waals surface area contributed by atoms with Crippen LogP contribution in [-0.2, 0) is 0 Å². The van der Waals surface area contributed by atoms with Crippen LogP contribution >= 0.6 is 0 Å². The van der Waals surface area contributed by atoms with Crippen LogP contribution in [0.4, 0.5) is 0 Å². The second-order valence-electron chi connectivity index (χ2n) is 6.66. The van der Waals surface area contributed by atoms with Crippen LogP contribution in [0, 0.1) is 0 Å². The van der Waals surface area contributed by atoms with Gasteiger partial charge in [-0.1, -0.05) is 0 Å². The molecule has 6 heteroatoms. The number of rotatable bonds is 5. The molecule has 1 aromatic carbocycles. The normalized spacial score (nSPS) is 24.3. The summed E-state index contributed by atoms with van der Waals surface area (Å²) in [6.07, 6.45) is 3.35. The third-order valence-corrected chi connectivity index (χ3v) is 4.88. The predicted molar refractivity (Wildman–Crippen MR) is 91.0 cm³/mol. The number of ether oxygens (including phenoxy) is 1. The highest BCUT2D eigenvalue weighted by Crippen LogP contribution is 2.28. The average Bonchev–Trinajstić information content (AvgIpc) is 3.32. The van der Waals surface area contributed by atoms with Gasteiger partial charge in [-0.15, -0.1) is 0 Å². The van der Waals surface area contributed by atoms with Crippen molar-refractivity contribution >= 4 is 11.7 Å². The molecule has 2 N–H and O–H groups in total. The molecule has 1 amide bonds. The van der Waals surface area contributed by atoms with E-state index < -0.39 is 0 Å². The Kier molecular flexibility index (Phi) is 4.05. The van der Waals surface area contributed by atoms with Crippen LogP contribution in [-0.4, -0.2) is 29.8 Å². The predicted octanol–water partition coefficient (Wildman–Crippen LogP) is 2.90. The highest BCUT2D eigenvalue weighted by atomic mass is 16.6. The molecule has 130 valence electrons. The van der Waals surface area contributed by atoms with Crippen molar-refractivity contribution in [1.82, 2.24) is 10.6 Å². The van der Waals surface area contributed by atoms with Crippen LogP contribution in [0.3, 0.4) is 0 Å². The summed E-state index contributed by atoms with van der Waals surface area (Å²) in [5.74, 6) is 0.822. The Hall–Kier alpha value is -2.60. The Balaban J connectivity index is 1.37. The molecule has 2 saturated heterocycles. The zero-order valence-electron chi connectivity index (χ0n) is 14.0. The molecule has 0 spiro atoms. The van der Waals surface area contributed by atoms with Crippen molar-refractivity contribution in [2.45, 2.75) is 44.3 Å². The number of carbonyl (C=O) groups is 2. The zero-order valence-corrected chi connectivity index (χ0v) is 14.0. The van der Waals surface area contributed by atoms with Crippen molar-refractivity contribution in [2.75, 3.05) is 0 Å². The maximum Gasteiger partial charge on any atom is 0.290 e. The summed E-state index contributed by atoms with van der Waals surface area (Å²) in [5.41, 5.74) is 0.596. The molecule has 3 atom stereocenters. The van der Waals surface area contributed by atoms with Crippen molar-refractivity contribution in [3.05, 3.63) is 47.7 Å². The topological polar surface area (TPSA) is 80.6 Å². The fourth-order valence-corrected chi connectivity index (χ4v) is 3.59. The highest BCUT2D eigenvalue weighted by molar-refractivity contribution is 5.94. The van der Waals surface area contributed by atoms with E-state index in [1.54, 1.807) is 36.4 Å². The molecule has 2 fully saturated rings. The lowest BCUT2D eigenvalue weighted by molar-refractivity contribution is 0.0929. The van der Waals surface area contributed by atoms with Gasteiger partial charge in [-0.2, -0.15) is 0 Å². The molecule has 0 radical (unpaired) electrons. The summed E-state index contributed by atoms with van der Waals surface area (Å²) in [6.45, 7) is 1.43. The van der Waals surface area contributed by atoms with Crippen molar-refractivity contribution in [2.24, 2.45) is 0 Å². The Labute approximate surface area is 145 Å². The van der Waals surface area contributed by atoms with E-state index in [0.717, 1.165) is 12.8 Å². The van der Waals surface area contributed by atoms with E-state index in [4.69, 9.17) is 9.15 Å². The molecule has 6 nitrogen and oxygen atoms in total. The summed E-state index contributed by atoms with van der Waals surface area (Å²) >= 11 is 0. The number of furan rings is 1. The van der Waals surface area contributed by atoms with Gasteiger partial charge in [0.2, 0.25) is 0 Å². The first-order chi connectivity index (χ1) is 12.1. The molecule has 2 aliphatic rings. The number of nitrogens with one attached hydrogen (secondary N) is 2. The standard InChI is InChI=1S/C19H20N2O4/c1-11(22)17-8-9-18(25-17)24-14-5-2-12(3-6-14)19(23)21-16-10-13-4-7-15(16)20-13/h2-3,5-6,8-9,13,15-16,20H,4,7,10H2,1H3,(H,21,23). The number of ketones is 1. The van der Waals surface area contributed by atoms with Gasteiger partial charge in [-0.25, -0.2) is 0 Å². The van der Waals surface area contributed by atoms with Crippen molar-refractivity contribution in [3.8, 4) is 11.7 Å². The number of hydrogen-bond donors (Lipinski definition) is 2. The number of fused-ring (bicyclic) bond motifs is 2. The summed E-state index contributed by atoms with van der Waals surface area (Å²) in [5, 5.41) is 6.63. The zero-order chi connectivity index (χ0) is 17.4. The van der Waals surface area contributed by atoms with Crippen LogP contribution in [0.15, 0.2) is 40.8 Å². The highest BCUT2D eigenvalue weighted by Gasteiger charge is 2.39. The van der Waals surface area contributed by atoms with Gasteiger partial charge in [-0.3, -0.25) is 9.59 Å². The van der Waals surface area contributed by atoms with E-state index in [1.165, 1.54) is 13.3 Å². The lowest BCUT2D eigenvalue weighted by atomic mass is 9.95. The summed E-state index contributed by atoms with van der Waals surface area (Å²) in [7, 11) is 0. The molecule has 2 bridgehead atoms. The van der Waals surface area contributed by atoms with E-state index in [-0.39, 0.29) is 29.4 Å². The second kappa shape index (κ2) is 6.37. The molecular formula is C19H20N2O4. The van der Waals surface area contributed by atoms with Gasteiger partial charge in [0.05, 0.1) is 0 Å². The summed E-state index contributed by atoms with van der Waals surface area (Å²) in [6, 6.07) is 11.2. The van der Waals surface area contributed by atoms with Crippen LogP contribution in [0.1, 0.15) is 47.1 Å². The van der Waals surface area contributed by atoms with Crippen molar-refractivity contribution in [1.29, 1.82) is 0 Å². The van der Waals surface area contributed by atoms with Gasteiger partial charge >= 0.3 is 0 Å². The van der Waals surface area contributed by atoms with Gasteiger partial charge in [0.25, 0.3) is 11.9 Å². The quantitative estimate of drug-likeness (QED) is 0.818. The molecule has 3 heterocycles. The smallest absolute Gasteiger partial charge is 0.290 e. The molecule has 1 aromatic heterocycles. The maximum absolute atomic E-state index is 12.4. The van der Waals surface area contributed by atoms with E-state index in [2.05, 4.69) is 10.6 Å². The van der Waals surface area contributed by atoms with Gasteiger partial charge < -0.3 is 19.8 Å². The number of amides is 1. The van der Waals surface area contributed by atoms with E-state index >= 15 is 0 Å². The molecule has 25 heavy (non-hydrogen) atoms. The number of carbonyl (C=O) groups excluding carboxylic acids is 2. The molecule has 0 saturated carbocycles. The summed E-state index contributed by atoms with van der Waals surface area (Å²) in [4.78, 5) is 23.6. The molecule has 2 aliphatic heterocycles. The fraction of sp³-hybridized carbons (Fsp3) is 0.368. The molecule has 3 unspecified atom stereocenters.